The Morgan fingerprint density at radius 3 is 1.86 bits per heavy atom. The molecule has 0 unspecified atom stereocenters. The van der Waals surface area contributed by atoms with Crippen molar-refractivity contribution in [2.75, 3.05) is 0 Å². The monoisotopic (exact) mass is 103 g/mol. The van der Waals surface area contributed by atoms with Crippen molar-refractivity contribution >= 4 is 0 Å². The second kappa shape index (κ2) is 2.92. The van der Waals surface area contributed by atoms with Crippen LogP contribution in [0.3, 0.4) is 0 Å². The maximum atomic E-state index is 4.94. The highest BCUT2D eigenvalue weighted by Crippen LogP contribution is 1.93. The van der Waals surface area contributed by atoms with Crippen molar-refractivity contribution in [2.24, 2.45) is 11.7 Å². The minimum Gasteiger partial charge on any atom is -0.563 e. The quantitative estimate of drug-likeness (QED) is 0.373. The molecule has 0 saturated carbocycles. The molecule has 0 aromatic heterocycles. The second-order valence-electron chi connectivity index (χ2n) is 1.59. The predicted molar refractivity (Wildman–Crippen MR) is 28.7 cm³/mol. The van der Waals surface area contributed by atoms with Gasteiger partial charge < -0.3 is 5.43 Å². The van der Waals surface area contributed by atoms with Gasteiger partial charge in [-0.15, -0.1) is 6.04 Å². The molecule has 0 saturated heterocycles. The Bertz CT molecular complexity index is 36.2. The summed E-state index contributed by atoms with van der Waals surface area (Å²) in [6.45, 7) is 3.79. The largest absolute Gasteiger partial charge is 0.563 e. The van der Waals surface area contributed by atoms with E-state index >= 15 is 0 Å². The molecule has 0 heterocycles. The van der Waals surface area contributed by atoms with Gasteiger partial charge in [0.15, 0.2) is 0 Å². The average molecular weight is 103 g/mol. The van der Waals surface area contributed by atoms with Crippen molar-refractivity contribution in [3.63, 3.8) is 0 Å². The molecule has 0 rings (SSSR count). The SMILES string of the molecule is CC(C)[N-]N(N)N. The highest BCUT2D eigenvalue weighted by Gasteiger charge is 1.74. The Balaban J connectivity index is 2.95. The molecule has 4 nitrogen and oxygen atoms in total. The summed E-state index contributed by atoms with van der Waals surface area (Å²) in [4.78, 5) is 0. The molecule has 0 aromatic carbocycles. The fourth-order valence-corrected chi connectivity index (χ4v) is 0.267. The van der Waals surface area contributed by atoms with Crippen LogP contribution in [0.1, 0.15) is 13.8 Å². The molecule has 0 aromatic rings. The number of nitrogens with two attached hydrogens (primary N) is 2. The molecule has 0 atom stereocenters. The van der Waals surface area contributed by atoms with Crippen LogP contribution in [0.15, 0.2) is 0 Å². The summed E-state index contributed by atoms with van der Waals surface area (Å²) in [6.07, 6.45) is 0. The van der Waals surface area contributed by atoms with Crippen molar-refractivity contribution in [3.05, 3.63) is 5.43 Å². The summed E-state index contributed by atoms with van der Waals surface area (Å²) < 4.78 is 0. The maximum Gasteiger partial charge on any atom is -0.0809 e. The minimum atomic E-state index is 0.176. The van der Waals surface area contributed by atoms with Crippen LogP contribution >= 0.6 is 0 Å². The van der Waals surface area contributed by atoms with Gasteiger partial charge >= 0.3 is 0 Å². The number of nitrogens with zero attached hydrogens (tertiary/aromatic N) is 2. The van der Waals surface area contributed by atoms with E-state index in [0.29, 0.717) is 0 Å². The lowest BCUT2D eigenvalue weighted by Gasteiger charge is -2.31. The Kier molecular flexibility index (Phi) is 2.86. The fourth-order valence-electron chi connectivity index (χ4n) is 0.267. The summed E-state index contributed by atoms with van der Waals surface area (Å²) in [5.41, 5.74) is 3.67. The number of hydrogen-bond donors (Lipinski definition) is 2. The molecule has 0 radical (unpaired) electrons. The first-order valence-electron chi connectivity index (χ1n) is 2.13. The molecular formula is C3H11N4-. The van der Waals surface area contributed by atoms with Crippen molar-refractivity contribution < 1.29 is 0 Å². The summed E-state index contributed by atoms with van der Waals surface area (Å²) in [5, 5.41) is 0.824. The van der Waals surface area contributed by atoms with Crippen LogP contribution in [0.25, 0.3) is 5.43 Å². The molecule has 0 aliphatic rings. The third-order valence-electron chi connectivity index (χ3n) is 0.364. The lowest BCUT2D eigenvalue weighted by molar-refractivity contribution is 0.357. The number of hydrogen-bond acceptors (Lipinski definition) is 3. The van der Waals surface area contributed by atoms with Gasteiger partial charge in [-0.25, -0.2) is 0 Å². The lowest BCUT2D eigenvalue weighted by atomic mass is 10.4. The van der Waals surface area contributed by atoms with Gasteiger partial charge in [-0.2, -0.15) is 0 Å². The first kappa shape index (κ1) is 6.84. The van der Waals surface area contributed by atoms with E-state index in [1.165, 1.54) is 0 Å². The Morgan fingerprint density at radius 1 is 1.43 bits per heavy atom. The smallest absolute Gasteiger partial charge is 0.0809 e. The van der Waals surface area contributed by atoms with E-state index in [4.69, 9.17) is 11.7 Å². The molecule has 4 N–H and O–H groups in total. The predicted octanol–water partition coefficient (Wildman–Crippen LogP) is -0.267. The topological polar surface area (TPSA) is 69.4 Å². The van der Waals surface area contributed by atoms with Gasteiger partial charge in [0.25, 0.3) is 0 Å². The van der Waals surface area contributed by atoms with Crippen LogP contribution in [0.5, 0.6) is 0 Å². The fraction of sp³-hybridized carbons (Fsp3) is 1.00. The van der Waals surface area contributed by atoms with E-state index in [1.807, 2.05) is 13.8 Å². The zero-order valence-electron chi connectivity index (χ0n) is 4.63. The molecule has 0 fully saturated rings. The zero-order chi connectivity index (χ0) is 5.86. The van der Waals surface area contributed by atoms with Crippen LogP contribution in [0, 0.1) is 0 Å². The molecule has 4 heteroatoms. The van der Waals surface area contributed by atoms with E-state index in [-0.39, 0.29) is 6.04 Å². The van der Waals surface area contributed by atoms with Crippen LogP contribution in [0.4, 0.5) is 0 Å². The van der Waals surface area contributed by atoms with Gasteiger partial charge in [-0.3, -0.25) is 16.9 Å². The summed E-state index contributed by atoms with van der Waals surface area (Å²) in [7, 11) is 0. The molecule has 0 spiro atoms. The van der Waals surface area contributed by atoms with E-state index in [1.54, 1.807) is 0 Å². The maximum absolute atomic E-state index is 4.94. The first-order chi connectivity index (χ1) is 3.13. The van der Waals surface area contributed by atoms with Gasteiger partial charge in [-0.1, -0.05) is 13.8 Å². The van der Waals surface area contributed by atoms with E-state index < -0.39 is 0 Å². The van der Waals surface area contributed by atoms with E-state index in [2.05, 4.69) is 5.43 Å². The zero-order valence-corrected chi connectivity index (χ0v) is 4.63. The Labute approximate surface area is 43.4 Å². The molecule has 44 valence electrons. The van der Waals surface area contributed by atoms with Gasteiger partial charge in [0.05, 0.1) is 0 Å². The molecular weight excluding hydrogens is 92.1 g/mol. The molecule has 0 aliphatic carbocycles. The van der Waals surface area contributed by atoms with E-state index in [9.17, 15) is 0 Å². The van der Waals surface area contributed by atoms with Gasteiger partial charge in [0, 0.05) is 0 Å². The van der Waals surface area contributed by atoms with Crippen molar-refractivity contribution in [3.8, 4) is 0 Å². The van der Waals surface area contributed by atoms with Crippen LogP contribution in [-0.2, 0) is 0 Å². The Hall–Kier alpha value is -0.160. The van der Waals surface area contributed by atoms with Crippen molar-refractivity contribution in [1.82, 2.24) is 5.23 Å². The summed E-state index contributed by atoms with van der Waals surface area (Å²) >= 11 is 0. The highest BCUT2D eigenvalue weighted by molar-refractivity contribution is 4.74. The molecule has 0 aliphatic heterocycles. The number of hydrazine groups is 2. The molecule has 0 bridgehead atoms. The normalized spacial score (nSPS) is 11.1. The second-order valence-corrected chi connectivity index (χ2v) is 1.59. The first-order valence-corrected chi connectivity index (χ1v) is 2.13. The van der Waals surface area contributed by atoms with E-state index in [0.717, 1.165) is 5.23 Å². The van der Waals surface area contributed by atoms with Crippen LogP contribution < -0.4 is 11.7 Å². The summed E-state index contributed by atoms with van der Waals surface area (Å²) in [5.74, 6) is 9.88. The van der Waals surface area contributed by atoms with Crippen LogP contribution in [0.2, 0.25) is 0 Å². The minimum absolute atomic E-state index is 0.176. The molecule has 0 amide bonds. The van der Waals surface area contributed by atoms with Crippen molar-refractivity contribution in [1.29, 1.82) is 0 Å². The van der Waals surface area contributed by atoms with Gasteiger partial charge in [0.1, 0.15) is 0 Å². The van der Waals surface area contributed by atoms with Crippen LogP contribution in [-0.4, -0.2) is 11.3 Å². The Morgan fingerprint density at radius 2 is 1.86 bits per heavy atom. The number of rotatable bonds is 2. The van der Waals surface area contributed by atoms with Crippen molar-refractivity contribution in [2.45, 2.75) is 19.9 Å². The molecule has 7 heavy (non-hydrogen) atoms. The lowest BCUT2D eigenvalue weighted by Crippen LogP contribution is -2.35. The van der Waals surface area contributed by atoms with Gasteiger partial charge in [0.2, 0.25) is 0 Å². The standard InChI is InChI=1S/C3H11N4/c1-3(2)6-7(4)5/h3H,4-5H2,1-2H3/q-1. The van der Waals surface area contributed by atoms with Gasteiger partial charge in [-0.05, 0) is 0 Å². The summed E-state index contributed by atoms with van der Waals surface area (Å²) in [6, 6.07) is 0.176. The highest BCUT2D eigenvalue weighted by atomic mass is 15.8. The third kappa shape index (κ3) is 5.84. The third-order valence-corrected chi connectivity index (χ3v) is 0.364. The average Bonchev–Trinajstić information content (AvgIpc) is 1.27.